The van der Waals surface area contributed by atoms with Gasteiger partial charge in [-0.2, -0.15) is 11.8 Å². The predicted octanol–water partition coefficient (Wildman–Crippen LogP) is 2.58. The molecule has 102 valence electrons. The molecule has 0 heterocycles. The first-order valence-corrected chi connectivity index (χ1v) is 8.06. The number of amides is 1. The van der Waals surface area contributed by atoms with Crippen LogP contribution in [-0.2, 0) is 4.79 Å². The molecule has 0 saturated heterocycles. The number of hydrogen-bond acceptors (Lipinski definition) is 3. The van der Waals surface area contributed by atoms with Crippen LogP contribution in [0.4, 0.5) is 0 Å². The summed E-state index contributed by atoms with van der Waals surface area (Å²) in [7, 11) is 0. The molecule has 1 amide bonds. The van der Waals surface area contributed by atoms with Gasteiger partial charge in [-0.25, -0.2) is 0 Å². The van der Waals surface area contributed by atoms with Crippen LogP contribution >= 0.6 is 11.8 Å². The van der Waals surface area contributed by atoms with Crippen molar-refractivity contribution in [3.05, 3.63) is 0 Å². The van der Waals surface area contributed by atoms with E-state index < -0.39 is 6.10 Å². The summed E-state index contributed by atoms with van der Waals surface area (Å²) in [5.41, 5.74) is 0. The Balaban J connectivity index is 3.32. The molecule has 4 heteroatoms. The first-order chi connectivity index (χ1) is 8.22. The van der Waals surface area contributed by atoms with Crippen molar-refractivity contribution in [1.82, 2.24) is 5.32 Å². The van der Waals surface area contributed by atoms with Gasteiger partial charge in [-0.1, -0.05) is 39.0 Å². The van der Waals surface area contributed by atoms with Crippen LogP contribution in [0.5, 0.6) is 0 Å². The van der Waals surface area contributed by atoms with Crippen molar-refractivity contribution in [3.8, 4) is 0 Å². The smallest absolute Gasteiger partial charge is 0.248 e. The minimum atomic E-state index is -0.831. The number of carbonyl (C=O) groups excluding carboxylic acids is 1. The van der Waals surface area contributed by atoms with E-state index in [4.69, 9.17) is 0 Å². The largest absolute Gasteiger partial charge is 0.383 e. The summed E-state index contributed by atoms with van der Waals surface area (Å²) in [4.78, 5) is 11.4. The molecule has 0 aromatic carbocycles. The highest BCUT2D eigenvalue weighted by atomic mass is 32.2. The van der Waals surface area contributed by atoms with E-state index >= 15 is 0 Å². The van der Waals surface area contributed by atoms with Crippen LogP contribution < -0.4 is 5.32 Å². The van der Waals surface area contributed by atoms with Crippen molar-refractivity contribution >= 4 is 17.7 Å². The molecule has 2 N–H and O–H groups in total. The van der Waals surface area contributed by atoms with Crippen LogP contribution in [0.2, 0.25) is 0 Å². The fraction of sp³-hybridized carbons (Fsp3) is 0.923. The minimum absolute atomic E-state index is 0.215. The highest BCUT2D eigenvalue weighted by molar-refractivity contribution is 7.98. The third kappa shape index (κ3) is 10.6. The molecule has 0 fully saturated rings. The van der Waals surface area contributed by atoms with Crippen molar-refractivity contribution in [2.75, 3.05) is 18.6 Å². The lowest BCUT2D eigenvalue weighted by molar-refractivity contribution is -0.129. The van der Waals surface area contributed by atoms with Crippen LogP contribution in [0.15, 0.2) is 0 Å². The van der Waals surface area contributed by atoms with Crippen molar-refractivity contribution in [3.63, 3.8) is 0 Å². The van der Waals surface area contributed by atoms with Gasteiger partial charge in [-0.3, -0.25) is 4.79 Å². The second kappa shape index (κ2) is 12.2. The van der Waals surface area contributed by atoms with Gasteiger partial charge in [0.1, 0.15) is 6.10 Å². The molecule has 0 bridgehead atoms. The average Bonchev–Trinajstić information content (AvgIpc) is 2.34. The molecule has 0 aromatic rings. The molecule has 0 rings (SSSR count). The molecular formula is C13H27NO2S. The van der Waals surface area contributed by atoms with E-state index in [2.05, 4.69) is 12.2 Å². The number of carbonyl (C=O) groups is 1. The Kier molecular flexibility index (Phi) is 12.1. The van der Waals surface area contributed by atoms with Crippen molar-refractivity contribution < 1.29 is 9.90 Å². The first-order valence-electron chi connectivity index (χ1n) is 6.67. The lowest BCUT2D eigenvalue weighted by Gasteiger charge is -2.10. The van der Waals surface area contributed by atoms with E-state index in [1.807, 2.05) is 6.26 Å². The zero-order valence-corrected chi connectivity index (χ0v) is 12.0. The molecule has 0 spiro atoms. The Bertz CT molecular complexity index is 188. The summed E-state index contributed by atoms with van der Waals surface area (Å²) in [6.45, 7) is 2.90. The molecule has 0 radical (unpaired) electrons. The average molecular weight is 261 g/mol. The van der Waals surface area contributed by atoms with Gasteiger partial charge in [0.15, 0.2) is 0 Å². The van der Waals surface area contributed by atoms with E-state index in [-0.39, 0.29) is 5.91 Å². The summed E-state index contributed by atoms with van der Waals surface area (Å²) in [5, 5.41) is 12.3. The lowest BCUT2D eigenvalue weighted by atomic mass is 10.1. The summed E-state index contributed by atoms with van der Waals surface area (Å²) >= 11 is 1.65. The van der Waals surface area contributed by atoms with E-state index in [1.54, 1.807) is 11.8 Å². The van der Waals surface area contributed by atoms with E-state index in [0.717, 1.165) is 12.2 Å². The summed E-state index contributed by atoms with van der Waals surface area (Å²) in [6.07, 6.45) is 8.98. The molecule has 1 atom stereocenters. The van der Waals surface area contributed by atoms with E-state index in [9.17, 15) is 9.90 Å². The molecule has 0 aliphatic carbocycles. The van der Waals surface area contributed by atoms with Crippen molar-refractivity contribution in [2.24, 2.45) is 0 Å². The fourth-order valence-corrected chi connectivity index (χ4v) is 2.05. The molecule has 3 nitrogen and oxygen atoms in total. The molecule has 0 aliphatic rings. The molecule has 17 heavy (non-hydrogen) atoms. The number of hydrogen-bond donors (Lipinski definition) is 2. The second-order valence-electron chi connectivity index (χ2n) is 4.36. The molecule has 0 aromatic heterocycles. The quantitative estimate of drug-likeness (QED) is 0.562. The van der Waals surface area contributed by atoms with Gasteiger partial charge >= 0.3 is 0 Å². The minimum Gasteiger partial charge on any atom is -0.383 e. The monoisotopic (exact) mass is 261 g/mol. The van der Waals surface area contributed by atoms with Gasteiger partial charge in [-0.05, 0) is 24.9 Å². The Morgan fingerprint density at radius 2 is 1.88 bits per heavy atom. The summed E-state index contributed by atoms with van der Waals surface area (Å²) in [5.74, 6) is 0.610. The van der Waals surface area contributed by atoms with Crippen molar-refractivity contribution in [1.29, 1.82) is 0 Å². The number of unbranched alkanes of at least 4 members (excludes halogenated alkanes) is 5. The molecule has 0 aliphatic heterocycles. The topological polar surface area (TPSA) is 49.3 Å². The van der Waals surface area contributed by atoms with Gasteiger partial charge < -0.3 is 10.4 Å². The molecular weight excluding hydrogens is 234 g/mol. The lowest BCUT2D eigenvalue weighted by Crippen LogP contribution is -2.35. The van der Waals surface area contributed by atoms with E-state index in [0.29, 0.717) is 13.0 Å². The van der Waals surface area contributed by atoms with E-state index in [1.165, 1.54) is 32.1 Å². The third-order valence-electron chi connectivity index (χ3n) is 2.73. The standard InChI is InChI=1S/C13H27NO2S/c1-3-4-5-6-7-8-10-14-13(16)12(15)9-11-17-2/h12,15H,3-11H2,1-2H3,(H,14,16). The second-order valence-corrected chi connectivity index (χ2v) is 5.34. The Hall–Kier alpha value is -0.220. The number of rotatable bonds is 11. The van der Waals surface area contributed by atoms with Crippen LogP contribution in [-0.4, -0.2) is 35.7 Å². The Morgan fingerprint density at radius 1 is 1.24 bits per heavy atom. The highest BCUT2D eigenvalue weighted by Crippen LogP contribution is 2.04. The van der Waals surface area contributed by atoms with Gasteiger partial charge in [0.25, 0.3) is 0 Å². The molecule has 1 unspecified atom stereocenters. The fourth-order valence-electron chi connectivity index (χ4n) is 1.60. The third-order valence-corrected chi connectivity index (χ3v) is 3.37. The van der Waals surface area contributed by atoms with Crippen molar-refractivity contribution in [2.45, 2.75) is 58.0 Å². The van der Waals surface area contributed by atoms with Crippen LogP contribution in [0.25, 0.3) is 0 Å². The maximum atomic E-state index is 11.4. The summed E-state index contributed by atoms with van der Waals surface area (Å²) < 4.78 is 0. The van der Waals surface area contributed by atoms with Gasteiger partial charge in [0.2, 0.25) is 5.91 Å². The van der Waals surface area contributed by atoms with Gasteiger partial charge in [0.05, 0.1) is 0 Å². The zero-order chi connectivity index (χ0) is 12.9. The number of thioether (sulfide) groups is 1. The maximum absolute atomic E-state index is 11.4. The SMILES string of the molecule is CCCCCCCCNC(=O)C(O)CCSC. The zero-order valence-electron chi connectivity index (χ0n) is 11.2. The molecule has 0 saturated carbocycles. The van der Waals surface area contributed by atoms with Crippen LogP contribution in [0, 0.1) is 0 Å². The number of nitrogens with one attached hydrogen (secondary N) is 1. The normalized spacial score (nSPS) is 12.4. The van der Waals surface area contributed by atoms with Crippen LogP contribution in [0.1, 0.15) is 51.9 Å². The first kappa shape index (κ1) is 16.8. The van der Waals surface area contributed by atoms with Gasteiger partial charge in [-0.15, -0.1) is 0 Å². The van der Waals surface area contributed by atoms with Crippen LogP contribution in [0.3, 0.4) is 0 Å². The summed E-state index contributed by atoms with van der Waals surface area (Å²) in [6, 6.07) is 0. The van der Waals surface area contributed by atoms with Gasteiger partial charge in [0, 0.05) is 6.54 Å². The maximum Gasteiger partial charge on any atom is 0.248 e. The number of aliphatic hydroxyl groups excluding tert-OH is 1. The Labute approximate surface area is 110 Å². The Morgan fingerprint density at radius 3 is 2.53 bits per heavy atom. The number of aliphatic hydroxyl groups is 1. The predicted molar refractivity (Wildman–Crippen MR) is 75.4 cm³/mol. The highest BCUT2D eigenvalue weighted by Gasteiger charge is 2.12.